The first-order chi connectivity index (χ1) is 9.41. The third-order valence-electron chi connectivity index (χ3n) is 3.74. The Kier molecular flexibility index (Phi) is 3.97. The second-order valence-electron chi connectivity index (χ2n) is 5.15. The normalized spacial score (nSPS) is 22.4. The van der Waals surface area contributed by atoms with E-state index < -0.39 is 17.7 Å². The van der Waals surface area contributed by atoms with Crippen LogP contribution in [0, 0.1) is 17.7 Å². The Labute approximate surface area is 116 Å². The molecule has 4 nitrogen and oxygen atoms in total. The van der Waals surface area contributed by atoms with Crippen LogP contribution in [-0.4, -0.2) is 29.0 Å². The molecule has 0 spiro atoms. The zero-order chi connectivity index (χ0) is 14.9. The van der Waals surface area contributed by atoms with Crippen LogP contribution in [-0.2, 0) is 20.8 Å². The summed E-state index contributed by atoms with van der Waals surface area (Å²) in [6.07, 6.45) is -0.119. The van der Waals surface area contributed by atoms with E-state index in [9.17, 15) is 18.8 Å². The Bertz CT molecular complexity index is 550. The van der Waals surface area contributed by atoms with Gasteiger partial charge in [-0.1, -0.05) is 32.0 Å². The van der Waals surface area contributed by atoms with Crippen molar-refractivity contribution in [2.45, 2.75) is 20.3 Å². The summed E-state index contributed by atoms with van der Waals surface area (Å²) >= 11 is 0. The van der Waals surface area contributed by atoms with Crippen molar-refractivity contribution >= 4 is 17.6 Å². The first-order valence-electron chi connectivity index (χ1n) is 6.52. The molecule has 5 heteroatoms. The van der Waals surface area contributed by atoms with Crippen LogP contribution in [0.4, 0.5) is 4.39 Å². The van der Waals surface area contributed by atoms with E-state index in [1.807, 2.05) is 0 Å². The molecule has 1 fully saturated rings. The second kappa shape index (κ2) is 5.53. The molecular weight excluding hydrogens is 261 g/mol. The molecule has 20 heavy (non-hydrogen) atoms. The highest BCUT2D eigenvalue weighted by atomic mass is 19.1. The number of hydrogen-bond acceptors (Lipinski definition) is 3. The van der Waals surface area contributed by atoms with Crippen molar-refractivity contribution in [1.29, 1.82) is 0 Å². The fourth-order valence-electron chi connectivity index (χ4n) is 2.27. The molecule has 2 unspecified atom stereocenters. The van der Waals surface area contributed by atoms with Gasteiger partial charge in [-0.15, -0.1) is 0 Å². The van der Waals surface area contributed by atoms with Crippen molar-refractivity contribution < 1.29 is 18.8 Å². The zero-order valence-electron chi connectivity index (χ0n) is 11.4. The van der Waals surface area contributed by atoms with Crippen molar-refractivity contribution in [3.8, 4) is 0 Å². The average molecular weight is 277 g/mol. The van der Waals surface area contributed by atoms with Gasteiger partial charge >= 0.3 is 0 Å². The number of halogens is 1. The summed E-state index contributed by atoms with van der Waals surface area (Å²) in [5, 5.41) is 0. The standard InChI is InChI=1S/C15H16FNO3/c1-9-10(2)15(20)17(14(9)19)8-12(18)7-11-5-3-4-6-13(11)16/h3-6,9-10H,7-8H2,1-2H3. The molecule has 2 rings (SSSR count). The Morgan fingerprint density at radius 3 is 2.25 bits per heavy atom. The van der Waals surface area contributed by atoms with E-state index in [-0.39, 0.29) is 36.1 Å². The summed E-state index contributed by atoms with van der Waals surface area (Å²) in [4.78, 5) is 36.6. The molecule has 1 aliphatic rings. The van der Waals surface area contributed by atoms with Gasteiger partial charge in [-0.3, -0.25) is 19.3 Å². The highest BCUT2D eigenvalue weighted by Gasteiger charge is 2.42. The molecule has 0 aromatic heterocycles. The van der Waals surface area contributed by atoms with E-state index in [0.29, 0.717) is 0 Å². The molecule has 106 valence electrons. The first kappa shape index (κ1) is 14.4. The van der Waals surface area contributed by atoms with Crippen LogP contribution >= 0.6 is 0 Å². The molecule has 1 heterocycles. The van der Waals surface area contributed by atoms with Gasteiger partial charge in [0, 0.05) is 18.3 Å². The molecule has 0 aliphatic carbocycles. The van der Waals surface area contributed by atoms with Crippen molar-refractivity contribution in [1.82, 2.24) is 4.90 Å². The largest absolute Gasteiger partial charge is 0.297 e. The maximum atomic E-state index is 13.4. The van der Waals surface area contributed by atoms with E-state index in [1.54, 1.807) is 26.0 Å². The van der Waals surface area contributed by atoms with Crippen molar-refractivity contribution in [2.75, 3.05) is 6.54 Å². The molecule has 1 aromatic rings. The van der Waals surface area contributed by atoms with Gasteiger partial charge in [-0.2, -0.15) is 0 Å². The summed E-state index contributed by atoms with van der Waals surface area (Å²) in [5.74, 6) is -2.26. The Morgan fingerprint density at radius 2 is 1.70 bits per heavy atom. The number of hydrogen-bond donors (Lipinski definition) is 0. The van der Waals surface area contributed by atoms with E-state index in [4.69, 9.17) is 0 Å². The first-order valence-corrected chi connectivity index (χ1v) is 6.52. The molecule has 2 amide bonds. The lowest BCUT2D eigenvalue weighted by Gasteiger charge is -2.13. The highest BCUT2D eigenvalue weighted by Crippen LogP contribution is 2.25. The lowest BCUT2D eigenvalue weighted by Crippen LogP contribution is -2.36. The van der Waals surface area contributed by atoms with E-state index in [0.717, 1.165) is 4.90 Å². The summed E-state index contributed by atoms with van der Waals surface area (Å²) in [6.45, 7) is 3.07. The minimum absolute atomic E-state index is 0.119. The fourth-order valence-corrected chi connectivity index (χ4v) is 2.27. The van der Waals surface area contributed by atoms with Gasteiger partial charge in [-0.25, -0.2) is 4.39 Å². The summed E-state index contributed by atoms with van der Waals surface area (Å²) in [7, 11) is 0. The Hall–Kier alpha value is -2.04. The molecular formula is C15H16FNO3. The average Bonchev–Trinajstić information content (AvgIpc) is 2.59. The smallest absolute Gasteiger partial charge is 0.233 e. The van der Waals surface area contributed by atoms with Crippen molar-refractivity contribution in [3.63, 3.8) is 0 Å². The molecule has 0 bridgehead atoms. The third kappa shape index (κ3) is 2.61. The number of ketones is 1. The number of carbonyl (C=O) groups is 3. The molecule has 0 radical (unpaired) electrons. The number of benzene rings is 1. The maximum absolute atomic E-state index is 13.4. The Morgan fingerprint density at radius 1 is 1.15 bits per heavy atom. The van der Waals surface area contributed by atoms with Crippen LogP contribution < -0.4 is 0 Å². The zero-order valence-corrected chi connectivity index (χ0v) is 11.4. The summed E-state index contributed by atoms with van der Waals surface area (Å²) < 4.78 is 13.4. The number of nitrogens with zero attached hydrogens (tertiary/aromatic N) is 1. The predicted molar refractivity (Wildman–Crippen MR) is 70.2 cm³/mol. The predicted octanol–water partition coefficient (Wildman–Crippen LogP) is 1.58. The number of carbonyl (C=O) groups excluding carboxylic acids is 3. The Balaban J connectivity index is 2.04. The quantitative estimate of drug-likeness (QED) is 0.785. The van der Waals surface area contributed by atoms with Gasteiger partial charge in [0.1, 0.15) is 5.82 Å². The molecule has 0 N–H and O–H groups in total. The molecule has 0 saturated carbocycles. The van der Waals surface area contributed by atoms with Gasteiger partial charge in [0.25, 0.3) is 0 Å². The summed E-state index contributed by atoms with van der Waals surface area (Å²) in [6, 6.07) is 5.98. The third-order valence-corrected chi connectivity index (χ3v) is 3.74. The second-order valence-corrected chi connectivity index (χ2v) is 5.15. The van der Waals surface area contributed by atoms with Crippen LogP contribution in [0.15, 0.2) is 24.3 Å². The number of amides is 2. The molecule has 2 atom stereocenters. The van der Waals surface area contributed by atoms with Crippen molar-refractivity contribution in [3.05, 3.63) is 35.6 Å². The van der Waals surface area contributed by atoms with Crippen molar-refractivity contribution in [2.24, 2.45) is 11.8 Å². The number of likely N-dealkylation sites (tertiary alicyclic amines) is 1. The summed E-state index contributed by atoms with van der Waals surface area (Å²) in [5.41, 5.74) is 0.276. The van der Waals surface area contributed by atoms with Crippen LogP contribution in [0.3, 0.4) is 0 Å². The van der Waals surface area contributed by atoms with E-state index >= 15 is 0 Å². The minimum atomic E-state index is -0.457. The number of imide groups is 1. The highest BCUT2D eigenvalue weighted by molar-refractivity contribution is 6.07. The van der Waals surface area contributed by atoms with E-state index in [2.05, 4.69) is 0 Å². The molecule has 1 aliphatic heterocycles. The van der Waals surface area contributed by atoms with Crippen LogP contribution in [0.1, 0.15) is 19.4 Å². The maximum Gasteiger partial charge on any atom is 0.233 e. The molecule has 1 saturated heterocycles. The van der Waals surface area contributed by atoms with Gasteiger partial charge in [0.2, 0.25) is 11.8 Å². The van der Waals surface area contributed by atoms with E-state index in [1.165, 1.54) is 12.1 Å². The van der Waals surface area contributed by atoms with Crippen LogP contribution in [0.25, 0.3) is 0 Å². The topological polar surface area (TPSA) is 54.5 Å². The fraction of sp³-hybridized carbons (Fsp3) is 0.400. The van der Waals surface area contributed by atoms with Crippen LogP contribution in [0.5, 0.6) is 0 Å². The number of rotatable bonds is 4. The molecule has 1 aromatic carbocycles. The monoisotopic (exact) mass is 277 g/mol. The van der Waals surface area contributed by atoms with Crippen LogP contribution in [0.2, 0.25) is 0 Å². The minimum Gasteiger partial charge on any atom is -0.297 e. The van der Waals surface area contributed by atoms with Gasteiger partial charge < -0.3 is 0 Å². The van der Waals surface area contributed by atoms with Gasteiger partial charge in [-0.05, 0) is 11.6 Å². The lowest BCUT2D eigenvalue weighted by molar-refractivity contribution is -0.143. The van der Waals surface area contributed by atoms with Gasteiger partial charge in [0.05, 0.1) is 6.54 Å². The van der Waals surface area contributed by atoms with Gasteiger partial charge in [0.15, 0.2) is 5.78 Å². The lowest BCUT2D eigenvalue weighted by atomic mass is 10.00. The SMILES string of the molecule is CC1C(=O)N(CC(=O)Cc2ccccc2F)C(=O)C1C. The number of Topliss-reactive ketones (excluding diaryl/α,β-unsaturated/α-hetero) is 1.